The zero-order valence-electron chi connectivity index (χ0n) is 21.3. The van der Waals surface area contributed by atoms with E-state index in [4.69, 9.17) is 0 Å². The maximum Gasteiger partial charge on any atom is 1.00 e. The molecule has 5 heteroatoms. The fourth-order valence-corrected chi connectivity index (χ4v) is 5.74. The topological polar surface area (TPSA) is 57.2 Å². The Hall–Kier alpha value is 0.246. The van der Waals surface area contributed by atoms with Crippen molar-refractivity contribution in [3.63, 3.8) is 0 Å². The maximum atomic E-state index is 12.4. The van der Waals surface area contributed by atoms with E-state index in [2.05, 4.69) is 13.8 Å². The summed E-state index contributed by atoms with van der Waals surface area (Å²) in [5, 5.41) is 1.98. The van der Waals surface area contributed by atoms with Crippen molar-refractivity contribution >= 4 is 20.9 Å². The molecule has 33 heavy (non-hydrogen) atoms. The van der Waals surface area contributed by atoms with Gasteiger partial charge in [-0.3, -0.25) is 0 Å². The van der Waals surface area contributed by atoms with Gasteiger partial charge in [0.15, 0.2) is 0 Å². The predicted octanol–water partition coefficient (Wildman–Crippen LogP) is 5.33. The normalized spacial score (nSPS) is 11.6. The van der Waals surface area contributed by atoms with Crippen molar-refractivity contribution in [2.45, 2.75) is 121 Å². The van der Waals surface area contributed by atoms with Crippen LogP contribution >= 0.6 is 0 Å². The van der Waals surface area contributed by atoms with Crippen molar-refractivity contribution in [2.24, 2.45) is 0 Å². The van der Waals surface area contributed by atoms with Crippen molar-refractivity contribution in [1.82, 2.24) is 0 Å². The van der Waals surface area contributed by atoms with Crippen molar-refractivity contribution in [3.8, 4) is 0 Å². The van der Waals surface area contributed by atoms with E-state index in [1.807, 2.05) is 30.3 Å². The number of aryl methyl sites for hydroxylation is 2. The molecule has 0 unspecified atom stereocenters. The molecule has 0 aromatic heterocycles. The second-order valence-corrected chi connectivity index (χ2v) is 10.6. The van der Waals surface area contributed by atoms with Gasteiger partial charge in [-0.15, -0.1) is 0 Å². The fourth-order valence-electron chi connectivity index (χ4n) is 4.74. The molecule has 0 fully saturated rings. The SMILES string of the molecule is CCCCCCCCCc1cc2ccccc2c(CCCCCCCCC)c1S(=O)(=O)[O-].[K+]. The predicted molar refractivity (Wildman–Crippen MR) is 135 cm³/mol. The van der Waals surface area contributed by atoms with Gasteiger partial charge in [0.05, 0.1) is 4.90 Å². The largest absolute Gasteiger partial charge is 1.00 e. The van der Waals surface area contributed by atoms with Crippen LogP contribution in [0.1, 0.15) is 115 Å². The summed E-state index contributed by atoms with van der Waals surface area (Å²) < 4.78 is 37.1. The van der Waals surface area contributed by atoms with Gasteiger partial charge in [-0.05, 0) is 53.6 Å². The quantitative estimate of drug-likeness (QED) is 0.168. The molecule has 3 nitrogen and oxygen atoms in total. The molecule has 0 aliphatic heterocycles. The minimum Gasteiger partial charge on any atom is -0.744 e. The van der Waals surface area contributed by atoms with Crippen molar-refractivity contribution in [1.29, 1.82) is 0 Å². The number of hydrogen-bond acceptors (Lipinski definition) is 3. The monoisotopic (exact) mass is 498 g/mol. The summed E-state index contributed by atoms with van der Waals surface area (Å²) in [5.74, 6) is 0. The van der Waals surface area contributed by atoms with Gasteiger partial charge >= 0.3 is 51.4 Å². The zero-order valence-corrected chi connectivity index (χ0v) is 25.3. The summed E-state index contributed by atoms with van der Waals surface area (Å²) in [4.78, 5) is 0.0770. The summed E-state index contributed by atoms with van der Waals surface area (Å²) in [6, 6.07) is 9.89. The van der Waals surface area contributed by atoms with Gasteiger partial charge in [-0.2, -0.15) is 0 Å². The van der Waals surface area contributed by atoms with Crippen LogP contribution in [0.4, 0.5) is 0 Å². The molecular formula is C28H43KO3S. The van der Waals surface area contributed by atoms with E-state index in [0.29, 0.717) is 12.8 Å². The first kappa shape index (κ1) is 31.3. The van der Waals surface area contributed by atoms with Crippen LogP contribution in [0.25, 0.3) is 10.8 Å². The summed E-state index contributed by atoms with van der Waals surface area (Å²) >= 11 is 0. The van der Waals surface area contributed by atoms with E-state index >= 15 is 0 Å². The van der Waals surface area contributed by atoms with Crippen LogP contribution in [0.5, 0.6) is 0 Å². The average Bonchev–Trinajstić information content (AvgIpc) is 2.76. The van der Waals surface area contributed by atoms with E-state index in [9.17, 15) is 13.0 Å². The number of unbranched alkanes of at least 4 members (excludes halogenated alkanes) is 12. The summed E-state index contributed by atoms with van der Waals surface area (Å²) in [7, 11) is -4.51. The van der Waals surface area contributed by atoms with Gasteiger partial charge < -0.3 is 4.55 Å². The molecule has 0 aliphatic carbocycles. The summed E-state index contributed by atoms with van der Waals surface area (Å²) in [6.45, 7) is 4.43. The number of benzene rings is 2. The second kappa shape index (κ2) is 17.6. The van der Waals surface area contributed by atoms with E-state index in [1.165, 1.54) is 64.2 Å². The van der Waals surface area contributed by atoms with Crippen molar-refractivity contribution in [2.75, 3.05) is 0 Å². The Morgan fingerprint density at radius 2 is 1.18 bits per heavy atom. The molecule has 2 rings (SSSR count). The molecule has 180 valence electrons. The Bertz CT molecular complexity index is 909. The summed E-state index contributed by atoms with van der Waals surface area (Å²) in [5.41, 5.74) is 1.48. The van der Waals surface area contributed by atoms with Gasteiger partial charge in [-0.25, -0.2) is 8.42 Å². The van der Waals surface area contributed by atoms with Crippen LogP contribution in [-0.4, -0.2) is 13.0 Å². The molecule has 0 saturated carbocycles. The Morgan fingerprint density at radius 1 is 0.697 bits per heavy atom. The third kappa shape index (κ3) is 11.2. The molecule has 0 saturated heterocycles. The van der Waals surface area contributed by atoms with Crippen LogP contribution in [0.2, 0.25) is 0 Å². The first-order valence-electron chi connectivity index (χ1n) is 13.0. The Kier molecular flexibility index (Phi) is 16.7. The first-order valence-corrected chi connectivity index (χ1v) is 14.4. The zero-order chi connectivity index (χ0) is 23.2. The standard InChI is InChI=1S/C28H44O3S.K/c1-3-5-7-9-11-13-15-20-25-23-24-19-17-18-21-26(24)27(28(25)32(29,30)31)22-16-14-12-10-8-6-4-2;/h17-19,21,23H,3-16,20,22H2,1-2H3,(H,29,30,31);/q;+1/p-1. The average molecular weight is 499 g/mol. The number of rotatable bonds is 17. The van der Waals surface area contributed by atoms with E-state index in [-0.39, 0.29) is 56.3 Å². The summed E-state index contributed by atoms with van der Waals surface area (Å²) in [6.07, 6.45) is 17.8. The van der Waals surface area contributed by atoms with Gasteiger partial charge in [0, 0.05) is 0 Å². The van der Waals surface area contributed by atoms with Crippen molar-refractivity contribution < 1.29 is 64.4 Å². The van der Waals surface area contributed by atoms with Gasteiger partial charge in [0.1, 0.15) is 10.1 Å². The Morgan fingerprint density at radius 3 is 1.73 bits per heavy atom. The van der Waals surface area contributed by atoms with Crippen LogP contribution in [0, 0.1) is 0 Å². The first-order chi connectivity index (χ1) is 15.5. The van der Waals surface area contributed by atoms with Crippen LogP contribution < -0.4 is 51.4 Å². The Balaban J connectivity index is 0.00000544. The van der Waals surface area contributed by atoms with Crippen LogP contribution in [-0.2, 0) is 23.0 Å². The van der Waals surface area contributed by atoms with Gasteiger partial charge in [0.2, 0.25) is 0 Å². The second-order valence-electron chi connectivity index (χ2n) is 9.26. The minimum atomic E-state index is -4.51. The third-order valence-electron chi connectivity index (χ3n) is 6.51. The smallest absolute Gasteiger partial charge is 0.744 e. The van der Waals surface area contributed by atoms with Gasteiger partial charge in [-0.1, -0.05) is 115 Å². The molecule has 0 amide bonds. The molecule has 0 aliphatic rings. The van der Waals surface area contributed by atoms with Crippen molar-refractivity contribution in [3.05, 3.63) is 41.5 Å². The molecule has 0 N–H and O–H groups in total. The van der Waals surface area contributed by atoms with E-state index in [1.54, 1.807) is 0 Å². The fraction of sp³-hybridized carbons (Fsp3) is 0.643. The van der Waals surface area contributed by atoms with E-state index in [0.717, 1.165) is 47.6 Å². The minimum absolute atomic E-state index is 0. The molecule has 0 spiro atoms. The molecular weight excluding hydrogens is 455 g/mol. The molecule has 2 aromatic rings. The van der Waals surface area contributed by atoms with Crippen LogP contribution in [0.15, 0.2) is 35.2 Å². The molecule has 0 atom stereocenters. The third-order valence-corrected chi connectivity index (χ3v) is 7.52. The maximum absolute atomic E-state index is 12.4. The Labute approximate surface area is 245 Å². The number of fused-ring (bicyclic) bond motifs is 1. The van der Waals surface area contributed by atoms with Gasteiger partial charge in [0.25, 0.3) is 0 Å². The molecule has 0 radical (unpaired) electrons. The molecule has 0 heterocycles. The number of hydrogen-bond donors (Lipinski definition) is 0. The van der Waals surface area contributed by atoms with Crippen LogP contribution in [0.3, 0.4) is 0 Å². The molecule has 2 aromatic carbocycles. The van der Waals surface area contributed by atoms with E-state index < -0.39 is 10.1 Å². The molecule has 0 bridgehead atoms.